The van der Waals surface area contributed by atoms with Gasteiger partial charge in [-0.2, -0.15) is 0 Å². The Balaban J connectivity index is 1.56. The number of rotatable bonds is 7. The number of alkyl halides is 2. The molecule has 1 amide bonds. The van der Waals surface area contributed by atoms with E-state index in [0.717, 1.165) is 18.2 Å². The minimum Gasteiger partial charge on any atom is -0.445 e. The van der Waals surface area contributed by atoms with Crippen molar-refractivity contribution in [1.29, 1.82) is 0 Å². The summed E-state index contributed by atoms with van der Waals surface area (Å²) in [5.74, 6) is -3.65. The lowest BCUT2D eigenvalue weighted by molar-refractivity contribution is -0.169. The fourth-order valence-corrected chi connectivity index (χ4v) is 7.04. The van der Waals surface area contributed by atoms with Gasteiger partial charge in [-0.15, -0.1) is 0 Å². The second-order valence-electron chi connectivity index (χ2n) is 12.7. The predicted octanol–water partition coefficient (Wildman–Crippen LogP) is 5.34. The molecule has 2 aliphatic heterocycles. The van der Waals surface area contributed by atoms with E-state index >= 15 is 4.39 Å². The maximum absolute atomic E-state index is 15.6. The number of pyridine rings is 1. The third-order valence-corrected chi connectivity index (χ3v) is 10.7. The lowest BCUT2D eigenvalue weighted by Crippen LogP contribution is -2.57. The normalized spacial score (nSPS) is 33.4. The number of fused-ring (bicyclic) bond motifs is 1. The molecule has 0 aliphatic carbocycles. The number of aryl methyl sites for hydroxylation is 1. The van der Waals surface area contributed by atoms with Gasteiger partial charge < -0.3 is 23.7 Å². The van der Waals surface area contributed by atoms with Crippen LogP contribution in [0.4, 0.5) is 9.18 Å². The van der Waals surface area contributed by atoms with Gasteiger partial charge in [0.15, 0.2) is 15.5 Å². The lowest BCUT2D eigenvalue weighted by Gasteiger charge is -2.40. The summed E-state index contributed by atoms with van der Waals surface area (Å²) in [6.45, 7) is 8.69. The Morgan fingerprint density at radius 3 is 2.51 bits per heavy atom. The Hall–Kier alpha value is -2.94. The Bertz CT molecular complexity index is 1400. The van der Waals surface area contributed by atoms with Crippen LogP contribution in [0.2, 0.25) is 0 Å². The molecule has 2 aliphatic rings. The van der Waals surface area contributed by atoms with Gasteiger partial charge in [0.05, 0.1) is 23.7 Å². The number of cyclic esters (lactones) is 1. The SMILES string of the molecule is CO[C@@]1(C)CCC(=O)[C@](C)(F)C(=O)O[C@H](I)[C@@]2(C)OC(=O)N(CCCCn3cnc(-c4cccnc4)c3)[C@@H]2[C@@H](C)C(=O)[C@H](C)C1. The third kappa shape index (κ3) is 7.39. The average molecular weight is 741 g/mol. The Labute approximate surface area is 276 Å². The monoisotopic (exact) mass is 740 g/mol. The number of unbranched alkanes of at least 4 members (excludes halogenated alkanes) is 1. The molecular weight excluding hydrogens is 698 g/mol. The molecule has 45 heavy (non-hydrogen) atoms. The van der Waals surface area contributed by atoms with Gasteiger partial charge in [-0.3, -0.25) is 14.6 Å². The summed E-state index contributed by atoms with van der Waals surface area (Å²) in [4.78, 5) is 63.3. The molecule has 2 aromatic heterocycles. The lowest BCUT2D eigenvalue weighted by atomic mass is 9.77. The summed E-state index contributed by atoms with van der Waals surface area (Å²) in [5.41, 5.74) is -3.61. The molecule has 4 heterocycles. The van der Waals surface area contributed by atoms with E-state index in [4.69, 9.17) is 14.2 Å². The van der Waals surface area contributed by atoms with E-state index in [0.29, 0.717) is 19.4 Å². The first kappa shape index (κ1) is 34.9. The molecule has 11 nitrogen and oxygen atoms in total. The number of carbonyl (C=O) groups is 4. The molecule has 246 valence electrons. The number of nitrogens with zero attached hydrogens (tertiary/aromatic N) is 4. The van der Waals surface area contributed by atoms with Gasteiger partial charge >= 0.3 is 12.1 Å². The summed E-state index contributed by atoms with van der Waals surface area (Å²) in [7, 11) is 1.48. The van der Waals surface area contributed by atoms with Gasteiger partial charge in [-0.05, 0) is 81.2 Å². The molecule has 2 fully saturated rings. The Morgan fingerprint density at radius 2 is 1.84 bits per heavy atom. The van der Waals surface area contributed by atoms with Gasteiger partial charge in [0, 0.05) is 62.6 Å². The standard InChI is InChI=1S/C32H42FIN4O7/c1-20-16-30(3,43-6)12-11-24(39)31(4,33)28(41)44-27(34)32(5)26(21(2)25(20)40)38(29(42)45-32)15-8-7-14-37-18-23(36-19-37)22-10-9-13-35-17-22/h9-10,13,17-21,26-27H,7-8,11-12,14-16H2,1-6H3/t20-,21+,26-,27+,30+,31+,32+/m1/s1. The van der Waals surface area contributed by atoms with E-state index in [1.54, 1.807) is 69.0 Å². The second-order valence-corrected chi connectivity index (χ2v) is 13.9. The quantitative estimate of drug-likeness (QED) is 0.122. The molecule has 0 aromatic carbocycles. The number of imidazole rings is 1. The number of hydrogen-bond acceptors (Lipinski definition) is 9. The van der Waals surface area contributed by atoms with Crippen molar-refractivity contribution in [2.45, 2.75) is 100 Å². The van der Waals surface area contributed by atoms with Gasteiger partial charge in [0.2, 0.25) is 0 Å². The average Bonchev–Trinajstić information content (AvgIpc) is 3.59. The van der Waals surface area contributed by atoms with Crippen molar-refractivity contribution in [3.8, 4) is 11.3 Å². The van der Waals surface area contributed by atoms with Crippen molar-refractivity contribution in [3.05, 3.63) is 37.1 Å². The molecule has 0 unspecified atom stereocenters. The summed E-state index contributed by atoms with van der Waals surface area (Å²) in [5, 5.41) is 0. The van der Waals surface area contributed by atoms with E-state index in [2.05, 4.69) is 9.97 Å². The molecule has 13 heteroatoms. The first-order valence-electron chi connectivity index (χ1n) is 15.2. The van der Waals surface area contributed by atoms with Crippen LogP contribution >= 0.6 is 22.6 Å². The first-order chi connectivity index (χ1) is 21.1. The summed E-state index contributed by atoms with van der Waals surface area (Å²) < 4.78 is 33.4. The van der Waals surface area contributed by atoms with Crippen molar-refractivity contribution in [3.63, 3.8) is 0 Å². The fraction of sp³-hybridized carbons (Fsp3) is 0.625. The minimum absolute atomic E-state index is 0.115. The molecule has 0 radical (unpaired) electrons. The zero-order valence-corrected chi connectivity index (χ0v) is 28.8. The van der Waals surface area contributed by atoms with Gasteiger partial charge in [-0.25, -0.2) is 19.0 Å². The summed E-state index contributed by atoms with van der Waals surface area (Å²) in [6, 6.07) is 2.96. The highest BCUT2D eigenvalue weighted by molar-refractivity contribution is 14.1. The van der Waals surface area contributed by atoms with Crippen molar-refractivity contribution < 1.29 is 37.8 Å². The molecule has 0 N–H and O–H groups in total. The molecule has 7 atom stereocenters. The number of ketones is 2. The maximum Gasteiger partial charge on any atom is 0.410 e. The third-order valence-electron chi connectivity index (χ3n) is 9.21. The molecule has 4 rings (SSSR count). The number of ether oxygens (including phenoxy) is 3. The van der Waals surface area contributed by atoms with E-state index in [-0.39, 0.29) is 31.6 Å². The summed E-state index contributed by atoms with van der Waals surface area (Å²) in [6.07, 6.45) is 7.87. The number of esters is 1. The second kappa shape index (κ2) is 13.8. The highest BCUT2D eigenvalue weighted by Crippen LogP contribution is 2.43. The van der Waals surface area contributed by atoms with E-state index in [1.165, 1.54) is 12.0 Å². The number of Topliss-reactive ketones (excluding diaryl/α,β-unsaturated/α-hetero) is 2. The van der Waals surface area contributed by atoms with E-state index in [9.17, 15) is 19.2 Å². The first-order valence-corrected chi connectivity index (χ1v) is 16.5. The molecule has 2 aromatic rings. The highest BCUT2D eigenvalue weighted by atomic mass is 127. The van der Waals surface area contributed by atoms with E-state index < -0.39 is 56.7 Å². The van der Waals surface area contributed by atoms with Crippen LogP contribution in [0, 0.1) is 11.8 Å². The van der Waals surface area contributed by atoms with Crippen LogP contribution in [-0.4, -0.2) is 83.7 Å². The van der Waals surface area contributed by atoms with Gasteiger partial charge in [-0.1, -0.05) is 13.8 Å². The number of amides is 1. The van der Waals surface area contributed by atoms with Crippen LogP contribution in [0.3, 0.4) is 0 Å². The number of halogens is 2. The number of methoxy groups -OCH3 is 1. The molecule has 0 bridgehead atoms. The zero-order chi connectivity index (χ0) is 33.2. The van der Waals surface area contributed by atoms with Crippen molar-refractivity contribution in [1.82, 2.24) is 19.4 Å². The maximum atomic E-state index is 15.6. The van der Waals surface area contributed by atoms with Crippen LogP contribution in [0.5, 0.6) is 0 Å². The Morgan fingerprint density at radius 1 is 1.13 bits per heavy atom. The number of aromatic nitrogens is 3. The van der Waals surface area contributed by atoms with Crippen molar-refractivity contribution in [2.75, 3.05) is 13.7 Å². The van der Waals surface area contributed by atoms with Crippen LogP contribution in [0.25, 0.3) is 11.3 Å². The van der Waals surface area contributed by atoms with Crippen LogP contribution in [-0.2, 0) is 35.1 Å². The topological polar surface area (TPSA) is 130 Å². The molecule has 2 saturated heterocycles. The van der Waals surface area contributed by atoms with Crippen LogP contribution < -0.4 is 0 Å². The zero-order valence-electron chi connectivity index (χ0n) is 26.6. The Kier molecular flexibility index (Phi) is 10.7. The smallest absolute Gasteiger partial charge is 0.410 e. The number of carbonyl (C=O) groups excluding carboxylic acids is 4. The largest absolute Gasteiger partial charge is 0.445 e. The van der Waals surface area contributed by atoms with Crippen molar-refractivity contribution in [2.24, 2.45) is 11.8 Å². The minimum atomic E-state index is -2.91. The molecule has 0 spiro atoms. The number of hydrogen-bond donors (Lipinski definition) is 0. The van der Waals surface area contributed by atoms with Crippen LogP contribution in [0.1, 0.15) is 66.7 Å². The van der Waals surface area contributed by atoms with Crippen molar-refractivity contribution >= 4 is 46.2 Å². The van der Waals surface area contributed by atoms with Crippen LogP contribution in [0.15, 0.2) is 37.1 Å². The fourth-order valence-electron chi connectivity index (χ4n) is 6.32. The summed E-state index contributed by atoms with van der Waals surface area (Å²) >= 11 is 1.78. The predicted molar refractivity (Wildman–Crippen MR) is 171 cm³/mol. The molecule has 0 saturated carbocycles. The molecular formula is C32H42FIN4O7. The van der Waals surface area contributed by atoms with Gasteiger partial charge in [0.1, 0.15) is 5.78 Å². The van der Waals surface area contributed by atoms with Gasteiger partial charge in [0.25, 0.3) is 5.67 Å². The van der Waals surface area contributed by atoms with E-state index in [1.807, 2.05) is 22.9 Å². The highest BCUT2D eigenvalue weighted by Gasteiger charge is 2.60.